The van der Waals surface area contributed by atoms with Crippen LogP contribution in [-0.4, -0.2) is 37.7 Å². The fraction of sp³-hybridized carbons (Fsp3) is 0.429. The Bertz CT molecular complexity index is 637. The van der Waals surface area contributed by atoms with E-state index >= 15 is 0 Å². The van der Waals surface area contributed by atoms with Crippen molar-refractivity contribution >= 4 is 5.91 Å². The molecule has 1 heterocycles. The molecule has 5 nitrogen and oxygen atoms in total. The van der Waals surface area contributed by atoms with Crippen LogP contribution < -0.4 is 9.47 Å². The van der Waals surface area contributed by atoms with E-state index < -0.39 is 18.1 Å². The molecule has 0 saturated carbocycles. The van der Waals surface area contributed by atoms with Gasteiger partial charge in [0.25, 0.3) is 0 Å². The number of nitrogens with zero attached hydrogens (tertiary/aromatic N) is 2. The van der Waals surface area contributed by atoms with Crippen molar-refractivity contribution in [2.24, 2.45) is 0 Å². The average Bonchev–Trinajstić information content (AvgIpc) is 2.50. The molecule has 0 radical (unpaired) electrons. The molecular weight excluding hydrogens is 301 g/mol. The summed E-state index contributed by atoms with van der Waals surface area (Å²) in [6, 6.07) is 3.51. The van der Waals surface area contributed by atoms with Crippen LogP contribution in [0.4, 0.5) is 13.2 Å². The van der Waals surface area contributed by atoms with Crippen molar-refractivity contribution in [2.45, 2.75) is 18.6 Å². The number of halogens is 3. The number of fused-ring (bicyclic) bond motifs is 1. The highest BCUT2D eigenvalue weighted by Gasteiger charge is 2.46. The number of rotatable bonds is 2. The number of carbonyl (C=O) groups excluding carboxylic acids is 1. The van der Waals surface area contributed by atoms with Gasteiger partial charge in [0.15, 0.2) is 11.5 Å². The number of carbonyl (C=O) groups is 1. The highest BCUT2D eigenvalue weighted by Crippen LogP contribution is 2.39. The molecular formula is C14H13F3N2O3. The van der Waals surface area contributed by atoms with Gasteiger partial charge in [-0.25, -0.2) is 0 Å². The van der Waals surface area contributed by atoms with Crippen molar-refractivity contribution in [1.82, 2.24) is 4.90 Å². The minimum absolute atomic E-state index is 0.181. The van der Waals surface area contributed by atoms with Crippen molar-refractivity contribution in [2.75, 3.05) is 20.8 Å². The Hall–Kier alpha value is -2.43. The molecule has 1 aliphatic heterocycles. The van der Waals surface area contributed by atoms with Crippen LogP contribution in [0.15, 0.2) is 12.1 Å². The topological polar surface area (TPSA) is 62.6 Å². The van der Waals surface area contributed by atoms with Crippen LogP contribution in [0.2, 0.25) is 0 Å². The Morgan fingerprint density at radius 1 is 1.32 bits per heavy atom. The number of methoxy groups -OCH3 is 2. The lowest BCUT2D eigenvalue weighted by molar-refractivity contribution is -0.187. The molecule has 1 atom stereocenters. The molecule has 0 fully saturated rings. The average molecular weight is 314 g/mol. The second-order valence-electron chi connectivity index (χ2n) is 4.68. The monoisotopic (exact) mass is 314 g/mol. The highest BCUT2D eigenvalue weighted by atomic mass is 19.4. The lowest BCUT2D eigenvalue weighted by Crippen LogP contribution is -2.46. The van der Waals surface area contributed by atoms with Crippen LogP contribution >= 0.6 is 0 Å². The third-order valence-electron chi connectivity index (χ3n) is 3.50. The van der Waals surface area contributed by atoms with Gasteiger partial charge in [-0.15, -0.1) is 0 Å². The van der Waals surface area contributed by atoms with Crippen LogP contribution in [0.3, 0.4) is 0 Å². The second kappa shape index (κ2) is 5.75. The maximum atomic E-state index is 12.6. The first-order valence-electron chi connectivity index (χ1n) is 6.35. The zero-order valence-corrected chi connectivity index (χ0v) is 11.9. The van der Waals surface area contributed by atoms with Crippen LogP contribution in [0.25, 0.3) is 0 Å². The Kier molecular flexibility index (Phi) is 4.17. The lowest BCUT2D eigenvalue weighted by Gasteiger charge is -2.34. The minimum atomic E-state index is -5.01. The van der Waals surface area contributed by atoms with E-state index in [1.807, 2.05) is 0 Å². The minimum Gasteiger partial charge on any atom is -0.493 e. The molecule has 0 spiro atoms. The summed E-state index contributed by atoms with van der Waals surface area (Å²) in [7, 11) is 2.82. The van der Waals surface area contributed by atoms with E-state index in [1.54, 1.807) is 12.1 Å². The summed E-state index contributed by atoms with van der Waals surface area (Å²) in [6.07, 6.45) is -4.81. The summed E-state index contributed by atoms with van der Waals surface area (Å²) in [4.78, 5) is 12.0. The molecule has 1 amide bonds. The molecule has 1 aromatic carbocycles. The quantitative estimate of drug-likeness (QED) is 0.839. The van der Waals surface area contributed by atoms with Crippen molar-refractivity contribution in [3.05, 3.63) is 23.3 Å². The normalized spacial score (nSPS) is 17.5. The Balaban J connectivity index is 2.48. The number of ether oxygens (including phenoxy) is 2. The summed E-state index contributed by atoms with van der Waals surface area (Å²) in [5, 5.41) is 9.23. The van der Waals surface area contributed by atoms with Crippen molar-refractivity contribution < 1.29 is 27.4 Å². The number of nitriles is 1. The van der Waals surface area contributed by atoms with Crippen molar-refractivity contribution in [1.29, 1.82) is 5.26 Å². The number of alkyl halides is 3. The molecule has 0 N–H and O–H groups in total. The number of amides is 1. The standard InChI is InChI=1S/C14H13F3N2O3/c1-21-11-5-8-3-4-19(13(20)14(15,16)17)10(7-18)9(8)6-12(11)22-2/h5-6,10H,3-4H2,1-2H3/t10-/m0/s1. The molecule has 118 valence electrons. The molecule has 2 rings (SSSR count). The smallest absolute Gasteiger partial charge is 0.471 e. The first-order valence-corrected chi connectivity index (χ1v) is 6.35. The van der Waals surface area contributed by atoms with E-state index in [4.69, 9.17) is 9.47 Å². The largest absolute Gasteiger partial charge is 0.493 e. The third-order valence-corrected chi connectivity index (χ3v) is 3.50. The van der Waals surface area contributed by atoms with Crippen LogP contribution in [0, 0.1) is 11.3 Å². The summed E-state index contributed by atoms with van der Waals surface area (Å²) >= 11 is 0. The van der Waals surface area contributed by atoms with Gasteiger partial charge >= 0.3 is 12.1 Å². The Morgan fingerprint density at radius 2 is 1.91 bits per heavy atom. The van der Waals surface area contributed by atoms with Gasteiger partial charge in [0.05, 0.1) is 20.3 Å². The fourth-order valence-corrected chi connectivity index (χ4v) is 2.47. The number of benzene rings is 1. The third kappa shape index (κ3) is 2.66. The highest BCUT2D eigenvalue weighted by molar-refractivity contribution is 5.83. The first-order chi connectivity index (χ1) is 10.3. The van der Waals surface area contributed by atoms with Crippen LogP contribution in [-0.2, 0) is 11.2 Å². The van der Waals surface area contributed by atoms with Gasteiger partial charge in [0.1, 0.15) is 6.04 Å². The van der Waals surface area contributed by atoms with E-state index in [2.05, 4.69) is 0 Å². The van der Waals surface area contributed by atoms with E-state index in [-0.39, 0.29) is 13.0 Å². The molecule has 1 aromatic rings. The molecule has 0 bridgehead atoms. The van der Waals surface area contributed by atoms with Gasteiger partial charge in [-0.3, -0.25) is 4.79 Å². The predicted molar refractivity (Wildman–Crippen MR) is 69.4 cm³/mol. The SMILES string of the molecule is COc1cc2c(cc1OC)[C@H](C#N)N(C(=O)C(F)(F)F)CC2. The first kappa shape index (κ1) is 15.9. The van der Waals surface area contributed by atoms with E-state index in [1.165, 1.54) is 20.3 Å². The summed E-state index contributed by atoms with van der Waals surface area (Å²) in [5.41, 5.74) is 0.986. The van der Waals surface area contributed by atoms with Crippen LogP contribution in [0.5, 0.6) is 11.5 Å². The van der Waals surface area contributed by atoms with Gasteiger partial charge in [0.2, 0.25) is 0 Å². The molecule has 0 aromatic heterocycles. The molecule has 1 aliphatic rings. The molecule has 0 saturated heterocycles. The molecule has 0 aliphatic carbocycles. The number of hydrogen-bond donors (Lipinski definition) is 0. The van der Waals surface area contributed by atoms with Crippen LogP contribution in [0.1, 0.15) is 17.2 Å². The Morgan fingerprint density at radius 3 is 2.41 bits per heavy atom. The number of hydrogen-bond acceptors (Lipinski definition) is 4. The van der Waals surface area contributed by atoms with Gasteiger partial charge < -0.3 is 14.4 Å². The molecule has 8 heteroatoms. The van der Waals surface area contributed by atoms with E-state index in [9.17, 15) is 23.2 Å². The van der Waals surface area contributed by atoms with Gasteiger partial charge in [-0.05, 0) is 29.7 Å². The molecule has 0 unspecified atom stereocenters. The summed E-state index contributed by atoms with van der Waals surface area (Å²) in [5.74, 6) is -1.30. The zero-order chi connectivity index (χ0) is 16.5. The van der Waals surface area contributed by atoms with E-state index in [0.29, 0.717) is 27.5 Å². The van der Waals surface area contributed by atoms with Crippen molar-refractivity contribution in [3.63, 3.8) is 0 Å². The molecule has 22 heavy (non-hydrogen) atoms. The maximum Gasteiger partial charge on any atom is 0.471 e. The van der Waals surface area contributed by atoms with E-state index in [0.717, 1.165) is 0 Å². The summed E-state index contributed by atoms with van der Waals surface area (Å²) in [6.45, 7) is -0.181. The second-order valence-corrected chi connectivity index (χ2v) is 4.68. The van der Waals surface area contributed by atoms with Crippen molar-refractivity contribution in [3.8, 4) is 17.6 Å². The van der Waals surface area contributed by atoms with Gasteiger partial charge in [-0.2, -0.15) is 18.4 Å². The lowest BCUT2D eigenvalue weighted by atomic mass is 9.92. The predicted octanol–water partition coefficient (Wildman–Crippen LogP) is 2.22. The fourth-order valence-electron chi connectivity index (χ4n) is 2.47. The van der Waals surface area contributed by atoms with Gasteiger partial charge in [0, 0.05) is 6.54 Å². The maximum absolute atomic E-state index is 12.6. The Labute approximate surface area is 124 Å². The van der Waals surface area contributed by atoms with Gasteiger partial charge in [-0.1, -0.05) is 0 Å². The summed E-state index contributed by atoms with van der Waals surface area (Å²) < 4.78 is 48.1. The zero-order valence-electron chi connectivity index (χ0n) is 11.9.